The van der Waals surface area contributed by atoms with Crippen LogP contribution in [0.2, 0.25) is 0 Å². The number of carboxylic acid groups (broad SMARTS) is 1. The molecule has 2 aromatic rings. The summed E-state index contributed by atoms with van der Waals surface area (Å²) in [7, 11) is 0. The Bertz CT molecular complexity index is 631. The van der Waals surface area contributed by atoms with Crippen LogP contribution < -0.4 is 9.84 Å². The van der Waals surface area contributed by atoms with Crippen molar-refractivity contribution in [2.45, 2.75) is 12.8 Å². The van der Waals surface area contributed by atoms with E-state index in [0.29, 0.717) is 22.6 Å². The highest BCUT2D eigenvalue weighted by Gasteiger charge is 2.29. The van der Waals surface area contributed by atoms with Gasteiger partial charge in [0.25, 0.3) is 0 Å². The molecule has 0 N–H and O–H groups in total. The average molecular weight is 239 g/mol. The highest BCUT2D eigenvalue weighted by molar-refractivity contribution is 5.83. The fourth-order valence-electron chi connectivity index (χ4n) is 2.44. The van der Waals surface area contributed by atoms with Crippen LogP contribution in [0.3, 0.4) is 0 Å². The van der Waals surface area contributed by atoms with Crippen LogP contribution in [-0.2, 0) is 4.79 Å². The molecular weight excluding hydrogens is 228 g/mol. The van der Waals surface area contributed by atoms with Crippen LogP contribution >= 0.6 is 0 Å². The molecule has 18 heavy (non-hydrogen) atoms. The average Bonchev–Trinajstić information content (AvgIpc) is 2.36. The quantitative estimate of drug-likeness (QED) is 0.764. The Morgan fingerprint density at radius 2 is 1.83 bits per heavy atom. The number of rotatable bonds is 1. The van der Waals surface area contributed by atoms with E-state index in [1.165, 1.54) is 0 Å². The first-order valence-corrected chi connectivity index (χ1v) is 5.75. The zero-order valence-corrected chi connectivity index (χ0v) is 9.84. The Morgan fingerprint density at radius 1 is 1.11 bits per heavy atom. The van der Waals surface area contributed by atoms with Crippen LogP contribution in [0.1, 0.15) is 22.6 Å². The van der Waals surface area contributed by atoms with E-state index in [1.54, 1.807) is 24.3 Å². The number of para-hydroxylation sites is 1. The number of aliphatic carboxylic acids is 1. The number of fused-ring (bicyclic) bond motifs is 2. The predicted molar refractivity (Wildman–Crippen MR) is 64.5 cm³/mol. The summed E-state index contributed by atoms with van der Waals surface area (Å²) in [5, 5.41) is 11.5. The first-order valence-electron chi connectivity index (χ1n) is 5.75. The number of benzene rings is 2. The van der Waals surface area contributed by atoms with Gasteiger partial charge in [0.2, 0.25) is 0 Å². The normalized spacial score (nSPS) is 16.4. The van der Waals surface area contributed by atoms with Crippen molar-refractivity contribution in [3.8, 4) is 11.5 Å². The van der Waals surface area contributed by atoms with Gasteiger partial charge in [-0.3, -0.25) is 0 Å². The van der Waals surface area contributed by atoms with Gasteiger partial charge in [-0.05, 0) is 24.6 Å². The van der Waals surface area contributed by atoms with Crippen molar-refractivity contribution >= 4 is 5.97 Å². The first-order chi connectivity index (χ1) is 8.68. The second-order valence-electron chi connectivity index (χ2n) is 4.38. The Morgan fingerprint density at radius 3 is 2.61 bits per heavy atom. The number of aryl methyl sites for hydroxylation is 1. The molecule has 90 valence electrons. The molecular formula is C15H11O3-. The number of carbonyl (C=O) groups is 1. The zero-order chi connectivity index (χ0) is 12.7. The van der Waals surface area contributed by atoms with Crippen LogP contribution in [-0.4, -0.2) is 5.97 Å². The van der Waals surface area contributed by atoms with E-state index in [0.717, 1.165) is 5.56 Å². The SMILES string of the molecule is Cc1cccc2c1C(C(=O)[O-])c1ccccc1O2. The molecule has 0 aliphatic carbocycles. The van der Waals surface area contributed by atoms with Crippen molar-refractivity contribution < 1.29 is 14.6 Å². The Hall–Kier alpha value is -2.29. The molecule has 0 saturated carbocycles. The third kappa shape index (κ3) is 1.48. The van der Waals surface area contributed by atoms with Crippen molar-refractivity contribution in [3.05, 3.63) is 59.2 Å². The van der Waals surface area contributed by atoms with Gasteiger partial charge in [0.1, 0.15) is 11.5 Å². The Labute approximate surface area is 105 Å². The van der Waals surface area contributed by atoms with Gasteiger partial charge in [-0.25, -0.2) is 0 Å². The highest BCUT2D eigenvalue weighted by atomic mass is 16.5. The maximum absolute atomic E-state index is 11.5. The fourth-order valence-corrected chi connectivity index (χ4v) is 2.44. The van der Waals surface area contributed by atoms with E-state index in [9.17, 15) is 9.90 Å². The van der Waals surface area contributed by atoms with Gasteiger partial charge in [0.15, 0.2) is 0 Å². The molecule has 0 aromatic heterocycles. The molecule has 1 heterocycles. The molecule has 3 nitrogen and oxygen atoms in total. The van der Waals surface area contributed by atoms with E-state index in [-0.39, 0.29) is 0 Å². The molecule has 3 heteroatoms. The van der Waals surface area contributed by atoms with Gasteiger partial charge in [-0.1, -0.05) is 30.3 Å². The number of hydrogen-bond acceptors (Lipinski definition) is 3. The number of ether oxygens (including phenoxy) is 1. The van der Waals surface area contributed by atoms with E-state index < -0.39 is 11.9 Å². The molecule has 1 atom stereocenters. The van der Waals surface area contributed by atoms with Crippen LogP contribution in [0.4, 0.5) is 0 Å². The van der Waals surface area contributed by atoms with Gasteiger partial charge >= 0.3 is 0 Å². The van der Waals surface area contributed by atoms with Gasteiger partial charge in [-0.2, -0.15) is 0 Å². The third-order valence-corrected chi connectivity index (χ3v) is 3.26. The smallest absolute Gasteiger partial charge is 0.131 e. The fraction of sp³-hybridized carbons (Fsp3) is 0.133. The molecule has 1 aliphatic heterocycles. The van der Waals surface area contributed by atoms with E-state index >= 15 is 0 Å². The lowest BCUT2D eigenvalue weighted by Crippen LogP contribution is -2.32. The van der Waals surface area contributed by atoms with Crippen LogP contribution in [0.5, 0.6) is 11.5 Å². The molecule has 0 amide bonds. The van der Waals surface area contributed by atoms with Gasteiger partial charge in [-0.15, -0.1) is 0 Å². The minimum atomic E-state index is -1.10. The van der Waals surface area contributed by atoms with E-state index in [1.807, 2.05) is 25.1 Å². The highest BCUT2D eigenvalue weighted by Crippen LogP contribution is 2.44. The third-order valence-electron chi connectivity index (χ3n) is 3.26. The second-order valence-corrected chi connectivity index (χ2v) is 4.38. The summed E-state index contributed by atoms with van der Waals surface area (Å²) in [5.74, 6) is -0.667. The lowest BCUT2D eigenvalue weighted by molar-refractivity contribution is -0.306. The van der Waals surface area contributed by atoms with Gasteiger partial charge in [0, 0.05) is 11.1 Å². The number of carbonyl (C=O) groups excluding carboxylic acids is 1. The molecule has 1 unspecified atom stereocenters. The summed E-state index contributed by atoms with van der Waals surface area (Å²) in [6, 6.07) is 12.7. The van der Waals surface area contributed by atoms with Crippen LogP contribution in [0.25, 0.3) is 0 Å². The minimum Gasteiger partial charge on any atom is -0.549 e. The van der Waals surface area contributed by atoms with Crippen molar-refractivity contribution in [2.24, 2.45) is 0 Å². The van der Waals surface area contributed by atoms with Gasteiger partial charge < -0.3 is 14.6 Å². The van der Waals surface area contributed by atoms with Crippen molar-refractivity contribution in [1.82, 2.24) is 0 Å². The monoisotopic (exact) mass is 239 g/mol. The van der Waals surface area contributed by atoms with E-state index in [4.69, 9.17) is 4.74 Å². The Balaban J connectivity index is 2.28. The zero-order valence-electron chi connectivity index (χ0n) is 9.84. The summed E-state index contributed by atoms with van der Waals surface area (Å²) >= 11 is 0. The topological polar surface area (TPSA) is 49.4 Å². The molecule has 0 fully saturated rings. The lowest BCUT2D eigenvalue weighted by atomic mass is 9.85. The predicted octanol–water partition coefficient (Wildman–Crippen LogP) is 1.98. The molecule has 0 radical (unpaired) electrons. The summed E-state index contributed by atoms with van der Waals surface area (Å²) in [5.41, 5.74) is 2.24. The maximum atomic E-state index is 11.5. The summed E-state index contributed by atoms with van der Waals surface area (Å²) < 4.78 is 5.75. The van der Waals surface area contributed by atoms with Crippen molar-refractivity contribution in [2.75, 3.05) is 0 Å². The lowest BCUT2D eigenvalue weighted by Gasteiger charge is -2.30. The first kappa shape index (κ1) is 10.8. The van der Waals surface area contributed by atoms with E-state index in [2.05, 4.69) is 0 Å². The maximum Gasteiger partial charge on any atom is 0.131 e. The minimum absolute atomic E-state index is 0.588. The second kappa shape index (κ2) is 3.88. The summed E-state index contributed by atoms with van der Waals surface area (Å²) in [6.07, 6.45) is 0. The molecule has 0 saturated heterocycles. The van der Waals surface area contributed by atoms with Crippen molar-refractivity contribution in [3.63, 3.8) is 0 Å². The Kier molecular flexibility index (Phi) is 2.33. The molecule has 0 spiro atoms. The standard InChI is InChI=1S/C15H12O3/c1-9-5-4-8-12-13(9)14(15(16)17)10-6-2-3-7-11(10)18-12/h2-8,14H,1H3,(H,16,17)/p-1. The van der Waals surface area contributed by atoms with Crippen molar-refractivity contribution in [1.29, 1.82) is 0 Å². The molecule has 3 rings (SSSR count). The number of hydrogen-bond donors (Lipinski definition) is 0. The number of carboxylic acids is 1. The molecule has 2 aromatic carbocycles. The molecule has 1 aliphatic rings. The summed E-state index contributed by atoms with van der Waals surface area (Å²) in [6.45, 7) is 1.88. The van der Waals surface area contributed by atoms with Gasteiger partial charge in [0.05, 0.1) is 11.9 Å². The van der Waals surface area contributed by atoms with Crippen LogP contribution in [0.15, 0.2) is 42.5 Å². The molecule has 0 bridgehead atoms. The van der Waals surface area contributed by atoms with Crippen LogP contribution in [0, 0.1) is 6.92 Å². The summed E-state index contributed by atoms with van der Waals surface area (Å²) in [4.78, 5) is 11.5. The largest absolute Gasteiger partial charge is 0.549 e.